The number of unbranched alkanes of at least 4 members (excludes halogenated alkanes) is 3. The first-order chi connectivity index (χ1) is 7.75. The van der Waals surface area contributed by atoms with Gasteiger partial charge in [0, 0.05) is 24.4 Å². The van der Waals surface area contributed by atoms with Gasteiger partial charge in [-0.25, -0.2) is 4.39 Å². The lowest BCUT2D eigenvalue weighted by atomic mass is 10.1. The number of hydrogen-bond acceptors (Lipinski definition) is 2. The first-order valence-corrected chi connectivity index (χ1v) is 5.85. The predicted molar refractivity (Wildman–Crippen MR) is 65.2 cm³/mol. The van der Waals surface area contributed by atoms with E-state index in [9.17, 15) is 4.39 Å². The third-order valence-electron chi connectivity index (χ3n) is 2.67. The maximum Gasteiger partial charge on any atom is 0.128 e. The van der Waals surface area contributed by atoms with Crippen LogP contribution in [0.1, 0.15) is 31.2 Å². The molecule has 2 nitrogen and oxygen atoms in total. The Balaban J connectivity index is 2.24. The maximum absolute atomic E-state index is 13.2. The molecule has 2 N–H and O–H groups in total. The zero-order valence-corrected chi connectivity index (χ0v) is 9.80. The monoisotopic (exact) mass is 225 g/mol. The van der Waals surface area contributed by atoms with Gasteiger partial charge in [0.15, 0.2) is 0 Å². The summed E-state index contributed by atoms with van der Waals surface area (Å²) < 4.78 is 13.2. The van der Waals surface area contributed by atoms with Gasteiger partial charge in [-0.15, -0.1) is 0 Å². The highest BCUT2D eigenvalue weighted by molar-refractivity contribution is 5.50. The molecule has 16 heavy (non-hydrogen) atoms. The normalized spacial score (nSPS) is 10.4. The number of benzene rings is 1. The fourth-order valence-corrected chi connectivity index (χ4v) is 1.61. The van der Waals surface area contributed by atoms with Gasteiger partial charge in [-0.05, 0) is 31.9 Å². The molecule has 1 aromatic rings. The van der Waals surface area contributed by atoms with Crippen molar-refractivity contribution in [1.29, 1.82) is 0 Å². The molecule has 1 aromatic carbocycles. The predicted octanol–water partition coefficient (Wildman–Crippen LogP) is 3.10. The number of anilines is 1. The van der Waals surface area contributed by atoms with E-state index >= 15 is 0 Å². The van der Waals surface area contributed by atoms with Crippen LogP contribution < -0.4 is 5.32 Å². The van der Waals surface area contributed by atoms with Crippen molar-refractivity contribution in [3.05, 3.63) is 29.6 Å². The van der Waals surface area contributed by atoms with Crippen LogP contribution in [-0.2, 0) is 0 Å². The Labute approximate surface area is 96.5 Å². The van der Waals surface area contributed by atoms with Gasteiger partial charge >= 0.3 is 0 Å². The second kappa shape index (κ2) is 7.23. The topological polar surface area (TPSA) is 32.3 Å². The van der Waals surface area contributed by atoms with Crippen LogP contribution in [0.15, 0.2) is 18.2 Å². The molecule has 0 radical (unpaired) electrons. The summed E-state index contributed by atoms with van der Waals surface area (Å²) in [6, 6.07) is 5.09. The zero-order valence-electron chi connectivity index (χ0n) is 9.80. The number of halogens is 1. The fraction of sp³-hybridized carbons (Fsp3) is 0.538. The summed E-state index contributed by atoms with van der Waals surface area (Å²) >= 11 is 0. The van der Waals surface area contributed by atoms with Crippen molar-refractivity contribution in [1.82, 2.24) is 0 Å². The van der Waals surface area contributed by atoms with Crippen molar-refractivity contribution in [2.24, 2.45) is 0 Å². The van der Waals surface area contributed by atoms with Gasteiger partial charge in [-0.2, -0.15) is 0 Å². The Kier molecular flexibility index (Phi) is 5.86. The minimum absolute atomic E-state index is 0.162. The summed E-state index contributed by atoms with van der Waals surface area (Å²) in [5.41, 5.74) is 1.56. The van der Waals surface area contributed by atoms with Gasteiger partial charge in [0.05, 0.1) is 0 Å². The van der Waals surface area contributed by atoms with Gasteiger partial charge in [-0.3, -0.25) is 0 Å². The third-order valence-corrected chi connectivity index (χ3v) is 2.67. The Morgan fingerprint density at radius 2 is 1.94 bits per heavy atom. The van der Waals surface area contributed by atoms with Gasteiger partial charge in [0.25, 0.3) is 0 Å². The van der Waals surface area contributed by atoms with E-state index < -0.39 is 0 Å². The lowest BCUT2D eigenvalue weighted by Gasteiger charge is -2.09. The molecule has 0 aromatic heterocycles. The summed E-state index contributed by atoms with van der Waals surface area (Å²) in [6.45, 7) is 2.91. The van der Waals surface area contributed by atoms with E-state index in [-0.39, 0.29) is 12.4 Å². The summed E-state index contributed by atoms with van der Waals surface area (Å²) in [6.07, 6.45) is 4.08. The minimum Gasteiger partial charge on any atom is -0.396 e. The summed E-state index contributed by atoms with van der Waals surface area (Å²) in [7, 11) is 0. The second-order valence-corrected chi connectivity index (χ2v) is 3.98. The molecule has 1 rings (SSSR count). The number of aliphatic hydroxyl groups excluding tert-OH is 1. The average molecular weight is 225 g/mol. The van der Waals surface area contributed by atoms with Crippen molar-refractivity contribution < 1.29 is 9.50 Å². The second-order valence-electron chi connectivity index (χ2n) is 3.98. The molecule has 0 heterocycles. The molecule has 0 unspecified atom stereocenters. The molecule has 0 aliphatic heterocycles. The van der Waals surface area contributed by atoms with Crippen LogP contribution in [0.3, 0.4) is 0 Å². The summed E-state index contributed by atoms with van der Waals surface area (Å²) in [5.74, 6) is -0.162. The first-order valence-electron chi connectivity index (χ1n) is 5.85. The van der Waals surface area contributed by atoms with E-state index in [1.165, 1.54) is 6.07 Å². The van der Waals surface area contributed by atoms with E-state index in [4.69, 9.17) is 5.11 Å². The van der Waals surface area contributed by atoms with E-state index in [0.717, 1.165) is 37.9 Å². The lowest BCUT2D eigenvalue weighted by Crippen LogP contribution is -2.03. The fourth-order valence-electron chi connectivity index (χ4n) is 1.61. The van der Waals surface area contributed by atoms with Crippen LogP contribution >= 0.6 is 0 Å². The smallest absolute Gasteiger partial charge is 0.128 e. The van der Waals surface area contributed by atoms with Gasteiger partial charge in [-0.1, -0.05) is 18.9 Å². The average Bonchev–Trinajstić information content (AvgIpc) is 2.29. The molecule has 0 fully saturated rings. The van der Waals surface area contributed by atoms with Crippen LogP contribution in [0.2, 0.25) is 0 Å². The number of hydrogen-bond donors (Lipinski definition) is 2. The molecule has 0 atom stereocenters. The molecule has 0 saturated carbocycles. The standard InChI is InChI=1S/C13H20FNO/c1-11-12(14)7-6-8-13(11)15-9-4-2-3-5-10-16/h6-8,15-16H,2-5,9-10H2,1H3. The van der Waals surface area contributed by atoms with Crippen LogP contribution in [-0.4, -0.2) is 18.3 Å². The van der Waals surface area contributed by atoms with E-state index in [1.54, 1.807) is 13.0 Å². The highest BCUT2D eigenvalue weighted by Gasteiger charge is 2.01. The molecule has 0 aliphatic rings. The van der Waals surface area contributed by atoms with Gasteiger partial charge < -0.3 is 10.4 Å². The van der Waals surface area contributed by atoms with Gasteiger partial charge in [0.1, 0.15) is 5.82 Å². The molecule has 3 heteroatoms. The maximum atomic E-state index is 13.2. The molecular formula is C13H20FNO. The first kappa shape index (κ1) is 13.0. The molecular weight excluding hydrogens is 205 g/mol. The Hall–Kier alpha value is -1.09. The van der Waals surface area contributed by atoms with Gasteiger partial charge in [0.2, 0.25) is 0 Å². The minimum atomic E-state index is -0.162. The molecule has 0 spiro atoms. The Bertz CT molecular complexity index is 315. The SMILES string of the molecule is Cc1c(F)cccc1NCCCCCCO. The number of aliphatic hydroxyl groups is 1. The van der Waals surface area contributed by atoms with Crippen LogP contribution in [0.5, 0.6) is 0 Å². The highest BCUT2D eigenvalue weighted by atomic mass is 19.1. The Morgan fingerprint density at radius 1 is 1.19 bits per heavy atom. The molecule has 0 bridgehead atoms. The lowest BCUT2D eigenvalue weighted by molar-refractivity contribution is 0.283. The summed E-state index contributed by atoms with van der Waals surface area (Å²) in [5, 5.41) is 11.8. The highest BCUT2D eigenvalue weighted by Crippen LogP contribution is 2.17. The van der Waals surface area contributed by atoms with Crippen molar-refractivity contribution in [2.45, 2.75) is 32.6 Å². The Morgan fingerprint density at radius 3 is 2.69 bits per heavy atom. The van der Waals surface area contributed by atoms with Crippen molar-refractivity contribution in [3.63, 3.8) is 0 Å². The molecule has 0 saturated heterocycles. The molecule has 90 valence electrons. The van der Waals surface area contributed by atoms with Crippen LogP contribution in [0, 0.1) is 12.7 Å². The van der Waals surface area contributed by atoms with E-state index in [0.29, 0.717) is 5.56 Å². The number of rotatable bonds is 7. The molecule has 0 amide bonds. The van der Waals surface area contributed by atoms with Crippen molar-refractivity contribution in [3.8, 4) is 0 Å². The van der Waals surface area contributed by atoms with E-state index in [1.807, 2.05) is 6.07 Å². The summed E-state index contributed by atoms with van der Waals surface area (Å²) in [4.78, 5) is 0. The van der Waals surface area contributed by atoms with Crippen LogP contribution in [0.4, 0.5) is 10.1 Å². The molecule has 0 aliphatic carbocycles. The van der Waals surface area contributed by atoms with Crippen molar-refractivity contribution >= 4 is 5.69 Å². The van der Waals surface area contributed by atoms with Crippen LogP contribution in [0.25, 0.3) is 0 Å². The van der Waals surface area contributed by atoms with E-state index in [2.05, 4.69) is 5.32 Å². The number of nitrogens with one attached hydrogen (secondary N) is 1. The zero-order chi connectivity index (χ0) is 11.8. The quantitative estimate of drug-likeness (QED) is 0.699. The van der Waals surface area contributed by atoms with Crippen molar-refractivity contribution in [2.75, 3.05) is 18.5 Å². The third kappa shape index (κ3) is 4.19. The largest absolute Gasteiger partial charge is 0.396 e.